The maximum absolute atomic E-state index is 13.2. The van der Waals surface area contributed by atoms with Gasteiger partial charge in [-0.15, -0.1) is 0 Å². The first-order valence-corrected chi connectivity index (χ1v) is 7.61. The van der Waals surface area contributed by atoms with Gasteiger partial charge in [0.05, 0.1) is 9.82 Å². The van der Waals surface area contributed by atoms with Crippen LogP contribution in [-0.4, -0.2) is 19.2 Å². The molecule has 0 atom stereocenters. The summed E-state index contributed by atoms with van der Waals surface area (Å²) in [5.41, 5.74) is -0.643. The van der Waals surface area contributed by atoms with Crippen molar-refractivity contribution < 1.29 is 22.5 Å². The molecule has 10 heteroatoms. The average molecular weight is 339 g/mol. The van der Waals surface area contributed by atoms with Gasteiger partial charge in [0.25, 0.3) is 5.91 Å². The summed E-state index contributed by atoms with van der Waals surface area (Å²) >= 11 is 0. The number of primary sulfonamides is 1. The molecule has 0 aliphatic rings. The summed E-state index contributed by atoms with van der Waals surface area (Å²) in [5.74, 6) is -1.67. The summed E-state index contributed by atoms with van der Waals surface area (Å²) in [4.78, 5) is 21.6. The molecular weight excluding hydrogens is 329 g/mol. The van der Waals surface area contributed by atoms with Crippen LogP contribution in [0.3, 0.4) is 0 Å². The quantitative estimate of drug-likeness (QED) is 0.645. The van der Waals surface area contributed by atoms with Crippen LogP contribution in [0.25, 0.3) is 0 Å². The molecule has 0 heterocycles. The number of amides is 1. The Balaban J connectivity index is 2.22. The van der Waals surface area contributed by atoms with E-state index in [9.17, 15) is 27.7 Å². The summed E-state index contributed by atoms with van der Waals surface area (Å²) in [5, 5.41) is 17.9. The Hall–Kier alpha value is -2.85. The molecule has 3 N–H and O–H groups in total. The number of hydrogen-bond donors (Lipinski definition) is 2. The van der Waals surface area contributed by atoms with Crippen LogP contribution >= 0.6 is 0 Å². The molecule has 2 aromatic carbocycles. The maximum Gasteiger partial charge on any atom is 0.306 e. The van der Waals surface area contributed by atoms with E-state index in [1.54, 1.807) is 0 Å². The molecule has 0 spiro atoms. The zero-order valence-electron chi connectivity index (χ0n) is 11.4. The van der Waals surface area contributed by atoms with E-state index in [4.69, 9.17) is 5.14 Å². The van der Waals surface area contributed by atoms with Crippen LogP contribution in [0.4, 0.5) is 15.8 Å². The molecule has 8 nitrogen and oxygen atoms in total. The van der Waals surface area contributed by atoms with Crippen molar-refractivity contribution in [3.05, 3.63) is 64.0 Å². The molecule has 0 saturated carbocycles. The Morgan fingerprint density at radius 1 is 1.17 bits per heavy atom. The van der Waals surface area contributed by atoms with Gasteiger partial charge in [0.2, 0.25) is 15.8 Å². The largest absolute Gasteiger partial charge is 0.322 e. The van der Waals surface area contributed by atoms with Crippen LogP contribution in [0.15, 0.2) is 47.4 Å². The fourth-order valence-electron chi connectivity index (χ4n) is 1.73. The highest BCUT2D eigenvalue weighted by Crippen LogP contribution is 2.22. The Morgan fingerprint density at radius 2 is 1.78 bits per heavy atom. The van der Waals surface area contributed by atoms with Crippen molar-refractivity contribution >= 4 is 27.3 Å². The second-order valence-corrected chi connectivity index (χ2v) is 6.01. The highest BCUT2D eigenvalue weighted by atomic mass is 32.2. The van der Waals surface area contributed by atoms with Crippen LogP contribution in [-0.2, 0) is 10.0 Å². The van der Waals surface area contributed by atoms with Crippen molar-refractivity contribution in [2.45, 2.75) is 4.90 Å². The van der Waals surface area contributed by atoms with Gasteiger partial charge in [-0.3, -0.25) is 14.9 Å². The number of benzene rings is 2. The molecule has 0 bridgehead atoms. The molecular formula is C13H10FN3O5S. The van der Waals surface area contributed by atoms with E-state index in [1.807, 2.05) is 0 Å². The molecule has 0 fully saturated rings. The second-order valence-electron chi connectivity index (χ2n) is 4.45. The summed E-state index contributed by atoms with van der Waals surface area (Å²) in [6.45, 7) is 0. The highest BCUT2D eigenvalue weighted by Gasteiger charge is 2.16. The molecule has 23 heavy (non-hydrogen) atoms. The molecule has 120 valence electrons. The first kappa shape index (κ1) is 16.5. The fourth-order valence-corrected chi connectivity index (χ4v) is 2.25. The Morgan fingerprint density at radius 3 is 2.30 bits per heavy atom. The lowest BCUT2D eigenvalue weighted by atomic mass is 10.2. The zero-order valence-corrected chi connectivity index (χ0v) is 12.2. The minimum absolute atomic E-state index is 0.0265. The van der Waals surface area contributed by atoms with E-state index >= 15 is 0 Å². The van der Waals surface area contributed by atoms with Crippen molar-refractivity contribution in [2.24, 2.45) is 5.14 Å². The summed E-state index contributed by atoms with van der Waals surface area (Å²) in [6, 6.07) is 7.66. The lowest BCUT2D eigenvalue weighted by Gasteiger charge is -2.06. The molecule has 0 aromatic heterocycles. The van der Waals surface area contributed by atoms with Gasteiger partial charge in [-0.25, -0.2) is 13.6 Å². The summed E-state index contributed by atoms with van der Waals surface area (Å²) in [7, 11) is -3.87. The number of nitrogens with two attached hydrogens (primary N) is 1. The standard InChI is InChI=1S/C13H10FN3O5S/c14-11-6-3-9(7-12(11)17(19)20)16-13(18)8-1-4-10(5-2-8)23(15,21)22/h1-7H,(H,16,18)(H2,15,21,22). The van der Waals surface area contributed by atoms with Crippen molar-refractivity contribution in [1.29, 1.82) is 0 Å². The van der Waals surface area contributed by atoms with Gasteiger partial charge in [-0.2, -0.15) is 4.39 Å². The minimum atomic E-state index is -3.87. The Kier molecular flexibility index (Phi) is 4.38. The lowest BCUT2D eigenvalue weighted by molar-refractivity contribution is -0.387. The number of nitro benzene ring substituents is 1. The van der Waals surface area contributed by atoms with Gasteiger partial charge in [0.1, 0.15) is 0 Å². The number of nitrogens with zero attached hydrogens (tertiary/aromatic N) is 1. The van der Waals surface area contributed by atoms with Gasteiger partial charge in [-0.1, -0.05) is 0 Å². The van der Waals surface area contributed by atoms with Gasteiger partial charge >= 0.3 is 5.69 Å². The smallest absolute Gasteiger partial charge is 0.306 e. The van der Waals surface area contributed by atoms with Crippen LogP contribution in [0, 0.1) is 15.9 Å². The summed E-state index contributed by atoms with van der Waals surface area (Å²) < 4.78 is 35.4. The molecule has 2 rings (SSSR count). The molecule has 2 aromatic rings. The number of halogens is 1. The molecule has 0 aliphatic heterocycles. The van der Waals surface area contributed by atoms with Crippen molar-refractivity contribution in [3.63, 3.8) is 0 Å². The first-order chi connectivity index (χ1) is 10.7. The fraction of sp³-hybridized carbons (Fsp3) is 0. The SMILES string of the molecule is NS(=O)(=O)c1ccc(C(=O)Nc2ccc(F)c([N+](=O)[O-])c2)cc1. The van der Waals surface area contributed by atoms with Crippen molar-refractivity contribution in [3.8, 4) is 0 Å². The third kappa shape index (κ3) is 3.87. The van der Waals surface area contributed by atoms with Gasteiger partial charge in [-0.05, 0) is 36.4 Å². The average Bonchev–Trinajstić information content (AvgIpc) is 2.48. The van der Waals surface area contributed by atoms with E-state index in [0.29, 0.717) is 0 Å². The van der Waals surface area contributed by atoms with Crippen LogP contribution in [0.1, 0.15) is 10.4 Å². The number of nitro groups is 1. The molecule has 0 aliphatic carbocycles. The van der Waals surface area contributed by atoms with E-state index < -0.39 is 32.4 Å². The third-order valence-electron chi connectivity index (χ3n) is 2.85. The lowest BCUT2D eigenvalue weighted by Crippen LogP contribution is -2.14. The number of anilines is 1. The van der Waals surface area contributed by atoms with Gasteiger partial charge in [0.15, 0.2) is 0 Å². The van der Waals surface area contributed by atoms with Crippen LogP contribution < -0.4 is 10.5 Å². The minimum Gasteiger partial charge on any atom is -0.322 e. The molecule has 1 amide bonds. The second kappa shape index (κ2) is 6.10. The number of carbonyl (C=O) groups is 1. The van der Waals surface area contributed by atoms with E-state index in [-0.39, 0.29) is 16.1 Å². The number of nitrogens with one attached hydrogen (secondary N) is 1. The summed E-state index contributed by atoms with van der Waals surface area (Å²) in [6.07, 6.45) is 0. The Labute approximate surface area is 129 Å². The van der Waals surface area contributed by atoms with E-state index in [1.165, 1.54) is 18.2 Å². The predicted molar refractivity (Wildman–Crippen MR) is 78.8 cm³/mol. The maximum atomic E-state index is 13.2. The predicted octanol–water partition coefficient (Wildman–Crippen LogP) is 1.63. The van der Waals surface area contributed by atoms with E-state index in [2.05, 4.69) is 5.32 Å². The first-order valence-electron chi connectivity index (χ1n) is 6.06. The molecule has 0 unspecified atom stereocenters. The molecule has 0 saturated heterocycles. The topological polar surface area (TPSA) is 132 Å². The number of hydrogen-bond acceptors (Lipinski definition) is 5. The number of sulfonamides is 1. The van der Waals surface area contributed by atoms with Crippen molar-refractivity contribution in [2.75, 3.05) is 5.32 Å². The van der Waals surface area contributed by atoms with Crippen LogP contribution in [0.5, 0.6) is 0 Å². The number of carbonyl (C=O) groups excluding carboxylic acids is 1. The van der Waals surface area contributed by atoms with Crippen molar-refractivity contribution in [1.82, 2.24) is 0 Å². The van der Waals surface area contributed by atoms with E-state index in [0.717, 1.165) is 24.3 Å². The monoisotopic (exact) mass is 339 g/mol. The third-order valence-corrected chi connectivity index (χ3v) is 3.77. The van der Waals surface area contributed by atoms with Gasteiger partial charge in [0, 0.05) is 17.3 Å². The molecule has 0 radical (unpaired) electrons. The van der Waals surface area contributed by atoms with Crippen LogP contribution in [0.2, 0.25) is 0 Å². The van der Waals surface area contributed by atoms with Gasteiger partial charge < -0.3 is 5.32 Å². The Bertz CT molecular complexity index is 881. The number of rotatable bonds is 4. The highest BCUT2D eigenvalue weighted by molar-refractivity contribution is 7.89. The normalized spacial score (nSPS) is 11.0. The zero-order chi connectivity index (χ0) is 17.2.